The second-order valence-electron chi connectivity index (χ2n) is 3.23. The van der Waals surface area contributed by atoms with Crippen LogP contribution in [0.25, 0.3) is 0 Å². The third kappa shape index (κ3) is 1.44. The van der Waals surface area contributed by atoms with Gasteiger partial charge in [-0.25, -0.2) is 0 Å². The Bertz CT molecular complexity index is 332. The molecule has 0 unspecified atom stereocenters. The predicted molar refractivity (Wildman–Crippen MR) is 53.1 cm³/mol. The summed E-state index contributed by atoms with van der Waals surface area (Å²) >= 11 is 0. The highest BCUT2D eigenvalue weighted by molar-refractivity contribution is 5.85. The molecule has 0 fully saturated rings. The van der Waals surface area contributed by atoms with Gasteiger partial charge in [0, 0.05) is 5.92 Å². The number of amides is 1. The zero-order valence-corrected chi connectivity index (χ0v) is 8.07. The molecule has 0 aliphatic rings. The lowest BCUT2D eigenvalue weighted by Crippen LogP contribution is -2.53. The van der Waals surface area contributed by atoms with Gasteiger partial charge in [-0.1, -0.05) is 13.0 Å². The Balaban J connectivity index is 3.18. The maximum absolute atomic E-state index is 11.3. The van der Waals surface area contributed by atoms with Crippen LogP contribution in [0.2, 0.25) is 0 Å². The molecule has 2 atom stereocenters. The molecule has 1 amide bonds. The van der Waals surface area contributed by atoms with E-state index in [1.165, 1.54) is 6.26 Å². The first-order valence-corrected chi connectivity index (χ1v) is 4.28. The number of nitrogens with two attached hydrogens (primary N) is 2. The van der Waals surface area contributed by atoms with Gasteiger partial charge in [0.1, 0.15) is 5.76 Å². The highest BCUT2D eigenvalue weighted by Crippen LogP contribution is 2.27. The van der Waals surface area contributed by atoms with Gasteiger partial charge >= 0.3 is 0 Å². The number of hydrogen-bond acceptors (Lipinski definition) is 3. The lowest BCUT2D eigenvalue weighted by Gasteiger charge is -2.28. The number of hydrogen-bond donors (Lipinski definition) is 2. The molecule has 0 spiro atoms. The largest absolute Gasteiger partial charge is 0.467 e. The fraction of sp³-hybridized carbons (Fsp3) is 0.300. The van der Waals surface area contributed by atoms with Crippen LogP contribution in [0.5, 0.6) is 0 Å². The molecule has 1 aromatic rings. The summed E-state index contributed by atoms with van der Waals surface area (Å²) in [5.41, 5.74) is 9.87. The average molecular weight is 194 g/mol. The molecule has 76 valence electrons. The highest BCUT2D eigenvalue weighted by Gasteiger charge is 2.41. The molecular weight excluding hydrogens is 180 g/mol. The van der Waals surface area contributed by atoms with E-state index >= 15 is 0 Å². The van der Waals surface area contributed by atoms with E-state index in [4.69, 9.17) is 15.9 Å². The van der Waals surface area contributed by atoms with Crippen LogP contribution < -0.4 is 11.5 Å². The van der Waals surface area contributed by atoms with Gasteiger partial charge in [0.2, 0.25) is 5.91 Å². The van der Waals surface area contributed by atoms with Crippen LogP contribution in [0.1, 0.15) is 12.7 Å². The van der Waals surface area contributed by atoms with Crippen LogP contribution in [-0.4, -0.2) is 5.91 Å². The first-order chi connectivity index (χ1) is 6.53. The lowest BCUT2D eigenvalue weighted by molar-refractivity contribution is -0.125. The molecule has 0 saturated heterocycles. The third-order valence-electron chi connectivity index (χ3n) is 2.41. The van der Waals surface area contributed by atoms with Crippen molar-refractivity contribution in [2.24, 2.45) is 17.4 Å². The maximum atomic E-state index is 11.3. The zero-order chi connectivity index (χ0) is 10.8. The minimum Gasteiger partial charge on any atom is -0.467 e. The van der Waals surface area contributed by atoms with Crippen LogP contribution >= 0.6 is 0 Å². The Morgan fingerprint density at radius 1 is 1.79 bits per heavy atom. The first-order valence-electron chi connectivity index (χ1n) is 4.28. The van der Waals surface area contributed by atoms with Crippen LogP contribution in [-0.2, 0) is 10.3 Å². The van der Waals surface area contributed by atoms with Crippen LogP contribution in [0.3, 0.4) is 0 Å². The van der Waals surface area contributed by atoms with Gasteiger partial charge in [0.05, 0.1) is 6.26 Å². The fourth-order valence-corrected chi connectivity index (χ4v) is 1.27. The molecule has 0 saturated carbocycles. The molecule has 0 radical (unpaired) electrons. The molecule has 0 aliphatic carbocycles. The first kappa shape index (κ1) is 10.5. The van der Waals surface area contributed by atoms with Crippen LogP contribution in [0, 0.1) is 5.92 Å². The van der Waals surface area contributed by atoms with Gasteiger partial charge in [-0.2, -0.15) is 0 Å². The summed E-state index contributed by atoms with van der Waals surface area (Å²) < 4.78 is 5.11. The molecule has 0 aromatic carbocycles. The molecule has 0 bridgehead atoms. The van der Waals surface area contributed by atoms with Crippen LogP contribution in [0.4, 0.5) is 0 Å². The van der Waals surface area contributed by atoms with E-state index in [0.29, 0.717) is 5.76 Å². The van der Waals surface area contributed by atoms with Crippen molar-refractivity contribution in [2.75, 3.05) is 0 Å². The molecule has 4 heteroatoms. The smallest absolute Gasteiger partial charge is 0.246 e. The number of carbonyl (C=O) groups is 1. The van der Waals surface area contributed by atoms with Gasteiger partial charge in [-0.3, -0.25) is 4.79 Å². The SMILES string of the molecule is C=C[C@@H](C)[C@@](N)(C(N)=O)c1ccco1. The van der Waals surface area contributed by atoms with E-state index in [0.717, 1.165) is 0 Å². The quantitative estimate of drug-likeness (QED) is 0.693. The third-order valence-corrected chi connectivity index (χ3v) is 2.41. The molecule has 0 aliphatic heterocycles. The Morgan fingerprint density at radius 3 is 2.79 bits per heavy atom. The molecule has 14 heavy (non-hydrogen) atoms. The Kier molecular flexibility index (Phi) is 2.76. The van der Waals surface area contributed by atoms with Crippen molar-refractivity contribution in [1.29, 1.82) is 0 Å². The summed E-state index contributed by atoms with van der Waals surface area (Å²) in [7, 11) is 0. The van der Waals surface area contributed by atoms with E-state index < -0.39 is 11.4 Å². The number of carbonyl (C=O) groups excluding carboxylic acids is 1. The van der Waals surface area contributed by atoms with Crippen molar-refractivity contribution >= 4 is 5.91 Å². The van der Waals surface area contributed by atoms with Gasteiger partial charge in [0.15, 0.2) is 5.54 Å². The molecule has 1 heterocycles. The standard InChI is InChI=1S/C10H14N2O2/c1-3-7(2)10(12,9(11)13)8-5-4-6-14-8/h3-7H,1,12H2,2H3,(H2,11,13)/t7-,10+/m1/s1. The summed E-state index contributed by atoms with van der Waals surface area (Å²) in [6.07, 6.45) is 3.03. The minimum absolute atomic E-state index is 0.286. The Morgan fingerprint density at radius 2 is 2.43 bits per heavy atom. The summed E-state index contributed by atoms with van der Waals surface area (Å²) in [5, 5.41) is 0. The molecule has 1 aromatic heterocycles. The Labute approximate surface area is 82.6 Å². The number of primary amides is 1. The second kappa shape index (κ2) is 3.67. The topological polar surface area (TPSA) is 82.2 Å². The average Bonchev–Trinajstić information content (AvgIpc) is 2.68. The minimum atomic E-state index is -1.31. The zero-order valence-electron chi connectivity index (χ0n) is 8.07. The molecular formula is C10H14N2O2. The van der Waals surface area contributed by atoms with E-state index in [1.54, 1.807) is 25.1 Å². The van der Waals surface area contributed by atoms with Crippen LogP contribution in [0.15, 0.2) is 35.5 Å². The van der Waals surface area contributed by atoms with Gasteiger partial charge in [-0.05, 0) is 12.1 Å². The number of rotatable bonds is 4. The van der Waals surface area contributed by atoms with Crippen molar-refractivity contribution in [3.63, 3.8) is 0 Å². The van der Waals surface area contributed by atoms with Gasteiger partial charge in [-0.15, -0.1) is 6.58 Å². The lowest BCUT2D eigenvalue weighted by atomic mass is 9.83. The van der Waals surface area contributed by atoms with Crippen molar-refractivity contribution in [1.82, 2.24) is 0 Å². The second-order valence-corrected chi connectivity index (χ2v) is 3.23. The maximum Gasteiger partial charge on any atom is 0.246 e. The summed E-state index contributed by atoms with van der Waals surface area (Å²) in [5.74, 6) is -0.552. The van der Waals surface area contributed by atoms with Gasteiger partial charge < -0.3 is 15.9 Å². The summed E-state index contributed by atoms with van der Waals surface area (Å²) in [6, 6.07) is 3.29. The monoisotopic (exact) mass is 194 g/mol. The van der Waals surface area contributed by atoms with Crippen molar-refractivity contribution < 1.29 is 9.21 Å². The highest BCUT2D eigenvalue weighted by atomic mass is 16.3. The molecule has 4 nitrogen and oxygen atoms in total. The Hall–Kier alpha value is -1.55. The fourth-order valence-electron chi connectivity index (χ4n) is 1.27. The van der Waals surface area contributed by atoms with E-state index in [9.17, 15) is 4.79 Å². The van der Waals surface area contributed by atoms with Crippen molar-refractivity contribution in [3.8, 4) is 0 Å². The van der Waals surface area contributed by atoms with E-state index in [-0.39, 0.29) is 5.92 Å². The van der Waals surface area contributed by atoms with Crippen molar-refractivity contribution in [2.45, 2.75) is 12.5 Å². The van der Waals surface area contributed by atoms with Gasteiger partial charge in [0.25, 0.3) is 0 Å². The van der Waals surface area contributed by atoms with Crippen molar-refractivity contribution in [3.05, 3.63) is 36.8 Å². The number of furan rings is 1. The normalized spacial score (nSPS) is 17.0. The molecule has 1 rings (SSSR count). The molecule has 4 N–H and O–H groups in total. The summed E-state index contributed by atoms with van der Waals surface area (Å²) in [4.78, 5) is 11.3. The van der Waals surface area contributed by atoms with E-state index in [2.05, 4.69) is 6.58 Å². The van der Waals surface area contributed by atoms with E-state index in [1.807, 2.05) is 0 Å². The summed E-state index contributed by atoms with van der Waals surface area (Å²) in [6.45, 7) is 5.35. The predicted octanol–water partition coefficient (Wildman–Crippen LogP) is 0.741.